The van der Waals surface area contributed by atoms with Gasteiger partial charge in [-0.05, 0) is 0 Å². The molecular weight excluding hydrogens is 131 g/mol. The average Bonchev–Trinajstić information content (AvgIpc) is 2.05. The molecule has 2 heteroatoms. The highest BCUT2D eigenvalue weighted by Crippen LogP contribution is 2.09. The molecule has 10 heavy (non-hydrogen) atoms. The van der Waals surface area contributed by atoms with Gasteiger partial charge in [0.25, 0.3) is 0 Å². The highest BCUT2D eigenvalue weighted by atomic mass is 19.1. The van der Waals surface area contributed by atoms with Gasteiger partial charge in [0.05, 0.1) is 0 Å². The molecule has 1 nitrogen and oxygen atoms in total. The number of hydrogen-bond donors (Lipinski definition) is 1. The topological polar surface area (TPSA) is 20.2 Å². The molecule has 0 aliphatic rings. The summed E-state index contributed by atoms with van der Waals surface area (Å²) in [5, 5.41) is 8.82. The summed E-state index contributed by atoms with van der Waals surface area (Å²) in [6.07, 6.45) is 0.176. The Balaban J connectivity index is 2.96. The summed E-state index contributed by atoms with van der Waals surface area (Å²) in [4.78, 5) is 0. The van der Waals surface area contributed by atoms with Gasteiger partial charge in [-0.25, -0.2) is 4.39 Å². The smallest absolute Gasteiger partial charge is 0.150 e. The summed E-state index contributed by atoms with van der Waals surface area (Å²) in [6.45, 7) is 0. The van der Waals surface area contributed by atoms with Gasteiger partial charge < -0.3 is 5.11 Å². The van der Waals surface area contributed by atoms with Crippen LogP contribution < -0.4 is 0 Å². The molecule has 0 atom stereocenters. The summed E-state index contributed by atoms with van der Waals surface area (Å²) in [5.74, 6) is -0.333. The van der Waals surface area contributed by atoms with E-state index in [2.05, 4.69) is 0 Å². The fraction of sp³-hybridized carbons (Fsp3) is 0. The average molecular weight is 138 g/mol. The third-order valence-electron chi connectivity index (χ3n) is 1.17. The fourth-order valence-electron chi connectivity index (χ4n) is 0.672. The van der Waals surface area contributed by atoms with Crippen LogP contribution in [-0.4, -0.2) is 5.11 Å². The van der Waals surface area contributed by atoms with Crippen molar-refractivity contribution in [1.82, 2.24) is 0 Å². The maximum absolute atomic E-state index is 11.7. The van der Waals surface area contributed by atoms with Crippen LogP contribution in [0.15, 0.2) is 36.7 Å². The van der Waals surface area contributed by atoms with E-state index in [9.17, 15) is 4.39 Å². The van der Waals surface area contributed by atoms with Crippen LogP contribution in [0.2, 0.25) is 0 Å². The molecule has 0 aromatic heterocycles. The summed E-state index contributed by atoms with van der Waals surface area (Å²) in [6, 6.07) is 8.52. The van der Waals surface area contributed by atoms with Crippen LogP contribution in [0.4, 0.5) is 4.39 Å². The highest BCUT2D eigenvalue weighted by Gasteiger charge is 1.93. The normalized spacial score (nSPS) is 11.5. The van der Waals surface area contributed by atoms with Crippen LogP contribution in [0.5, 0.6) is 0 Å². The van der Waals surface area contributed by atoms with Crippen LogP contribution in [0.3, 0.4) is 0 Å². The Labute approximate surface area is 58.4 Å². The van der Waals surface area contributed by atoms with E-state index < -0.39 is 0 Å². The lowest BCUT2D eigenvalue weighted by Crippen LogP contribution is -1.78. The molecule has 0 radical (unpaired) electrons. The SMILES string of the molecule is O/C(=C/F)c1ccccc1. The summed E-state index contributed by atoms with van der Waals surface area (Å²) in [7, 11) is 0. The molecule has 52 valence electrons. The Morgan fingerprint density at radius 1 is 1.30 bits per heavy atom. The molecule has 0 aliphatic carbocycles. The van der Waals surface area contributed by atoms with Crippen molar-refractivity contribution in [3.8, 4) is 0 Å². The molecule has 0 aliphatic heterocycles. The van der Waals surface area contributed by atoms with Crippen molar-refractivity contribution in [2.45, 2.75) is 0 Å². The maximum Gasteiger partial charge on any atom is 0.150 e. The fourth-order valence-corrected chi connectivity index (χ4v) is 0.672. The van der Waals surface area contributed by atoms with Crippen molar-refractivity contribution in [3.05, 3.63) is 42.2 Å². The number of aliphatic hydroxyl groups excluding tert-OH is 1. The monoisotopic (exact) mass is 138 g/mol. The van der Waals surface area contributed by atoms with E-state index >= 15 is 0 Å². The third kappa shape index (κ3) is 1.35. The maximum atomic E-state index is 11.7. The molecule has 1 aromatic carbocycles. The number of rotatable bonds is 1. The first-order valence-electron chi connectivity index (χ1n) is 2.89. The zero-order valence-electron chi connectivity index (χ0n) is 5.29. The number of halogens is 1. The molecule has 0 bridgehead atoms. The number of benzene rings is 1. The molecule has 1 aromatic rings. The van der Waals surface area contributed by atoms with Gasteiger partial charge in [0.15, 0.2) is 5.76 Å². The molecule has 0 saturated carbocycles. The van der Waals surface area contributed by atoms with Gasteiger partial charge in [0.2, 0.25) is 0 Å². The zero-order valence-corrected chi connectivity index (χ0v) is 5.29. The first-order chi connectivity index (χ1) is 4.84. The second kappa shape index (κ2) is 3.01. The van der Waals surface area contributed by atoms with E-state index in [0.29, 0.717) is 5.56 Å². The van der Waals surface area contributed by atoms with E-state index in [0.717, 1.165) is 0 Å². The molecule has 1 rings (SSSR count). The Morgan fingerprint density at radius 2 is 1.90 bits per heavy atom. The summed E-state index contributed by atoms with van der Waals surface area (Å²) in [5.41, 5.74) is 0.491. The van der Waals surface area contributed by atoms with Crippen LogP contribution in [0, 0.1) is 0 Å². The van der Waals surface area contributed by atoms with E-state index in [-0.39, 0.29) is 12.1 Å². The van der Waals surface area contributed by atoms with Crippen molar-refractivity contribution in [2.24, 2.45) is 0 Å². The van der Waals surface area contributed by atoms with Crippen molar-refractivity contribution in [3.63, 3.8) is 0 Å². The van der Waals surface area contributed by atoms with Crippen molar-refractivity contribution < 1.29 is 9.50 Å². The van der Waals surface area contributed by atoms with Gasteiger partial charge in [0.1, 0.15) is 6.33 Å². The minimum atomic E-state index is -0.333. The van der Waals surface area contributed by atoms with Gasteiger partial charge in [-0.2, -0.15) is 0 Å². The number of aliphatic hydroxyl groups is 1. The Hall–Kier alpha value is -1.31. The lowest BCUT2D eigenvalue weighted by Gasteiger charge is -1.94. The lowest BCUT2D eigenvalue weighted by atomic mass is 10.2. The second-order valence-electron chi connectivity index (χ2n) is 1.86. The predicted molar refractivity (Wildman–Crippen MR) is 38.2 cm³/mol. The van der Waals surface area contributed by atoms with Crippen molar-refractivity contribution in [2.75, 3.05) is 0 Å². The lowest BCUT2D eigenvalue weighted by molar-refractivity contribution is 0.496. The van der Waals surface area contributed by atoms with Crippen LogP contribution in [0.25, 0.3) is 5.76 Å². The van der Waals surface area contributed by atoms with Gasteiger partial charge in [-0.15, -0.1) is 0 Å². The molecular formula is C8H7FO. The molecule has 1 N–H and O–H groups in total. The van der Waals surface area contributed by atoms with Crippen LogP contribution in [0.1, 0.15) is 5.56 Å². The van der Waals surface area contributed by atoms with Gasteiger partial charge in [-0.1, -0.05) is 30.3 Å². The molecule has 0 fully saturated rings. The second-order valence-corrected chi connectivity index (χ2v) is 1.86. The van der Waals surface area contributed by atoms with Gasteiger partial charge >= 0.3 is 0 Å². The first-order valence-corrected chi connectivity index (χ1v) is 2.89. The van der Waals surface area contributed by atoms with E-state index in [1.165, 1.54) is 0 Å². The first kappa shape index (κ1) is 6.81. The van der Waals surface area contributed by atoms with E-state index in [1.807, 2.05) is 0 Å². The Kier molecular flexibility index (Phi) is 2.05. The van der Waals surface area contributed by atoms with Crippen LogP contribution in [-0.2, 0) is 0 Å². The highest BCUT2D eigenvalue weighted by molar-refractivity contribution is 5.56. The summed E-state index contributed by atoms with van der Waals surface area (Å²) >= 11 is 0. The molecule has 0 heterocycles. The van der Waals surface area contributed by atoms with Crippen molar-refractivity contribution in [1.29, 1.82) is 0 Å². The van der Waals surface area contributed by atoms with Gasteiger partial charge in [-0.3, -0.25) is 0 Å². The molecule has 0 unspecified atom stereocenters. The minimum absolute atomic E-state index is 0.176. The van der Waals surface area contributed by atoms with E-state index in [1.54, 1.807) is 30.3 Å². The zero-order chi connectivity index (χ0) is 7.40. The summed E-state index contributed by atoms with van der Waals surface area (Å²) < 4.78 is 11.7. The standard InChI is InChI=1S/C8H7FO/c9-6-8(10)7-4-2-1-3-5-7/h1-6,10H/b8-6+. The van der Waals surface area contributed by atoms with E-state index in [4.69, 9.17) is 5.11 Å². The largest absolute Gasteiger partial charge is 0.505 e. The number of hydrogen-bond acceptors (Lipinski definition) is 1. The van der Waals surface area contributed by atoms with Crippen molar-refractivity contribution >= 4 is 5.76 Å². The third-order valence-corrected chi connectivity index (χ3v) is 1.17. The quantitative estimate of drug-likeness (QED) is 0.591. The molecule has 0 saturated heterocycles. The Morgan fingerprint density at radius 3 is 2.40 bits per heavy atom. The Bertz CT molecular complexity index is 228. The molecule has 0 spiro atoms. The predicted octanol–water partition coefficient (Wildman–Crippen LogP) is 2.51. The molecule has 0 amide bonds. The van der Waals surface area contributed by atoms with Crippen LogP contribution >= 0.6 is 0 Å². The van der Waals surface area contributed by atoms with Gasteiger partial charge in [0, 0.05) is 5.56 Å². The minimum Gasteiger partial charge on any atom is -0.505 e.